The van der Waals surface area contributed by atoms with Crippen LogP contribution in [0, 0.1) is 0 Å². The van der Waals surface area contributed by atoms with E-state index < -0.39 is 7.41 Å². The van der Waals surface area contributed by atoms with Crippen LogP contribution in [0.1, 0.15) is 0 Å². The normalized spacial score (nSPS) is 13.8. The predicted octanol–water partition coefficient (Wildman–Crippen LogP) is -1.05. The van der Waals surface area contributed by atoms with E-state index in [1.165, 1.54) is 0 Å². The van der Waals surface area contributed by atoms with Crippen molar-refractivity contribution in [2.45, 2.75) is 0 Å². The Balaban J connectivity index is 4.24. The van der Waals surface area contributed by atoms with E-state index in [9.17, 15) is 0 Å². The van der Waals surface area contributed by atoms with E-state index >= 15 is 0 Å². The molecule has 0 aromatic heterocycles. The molecule has 4 N–H and O–H groups in total. The van der Waals surface area contributed by atoms with Gasteiger partial charge in [-0.1, -0.05) is 0 Å². The molecule has 0 saturated heterocycles. The summed E-state index contributed by atoms with van der Waals surface area (Å²) in [5.74, 6) is 0. The minimum absolute atomic E-state index is 0.134. The van der Waals surface area contributed by atoms with Gasteiger partial charge in [0.25, 0.3) is 0 Å². The minimum atomic E-state index is -2.74. The third kappa shape index (κ3) is 2.78. The predicted molar refractivity (Wildman–Crippen MR) is 49.2 cm³/mol. The molecule has 0 radical (unpaired) electrons. The molecule has 5 nitrogen and oxygen atoms in total. The van der Waals surface area contributed by atoms with Crippen molar-refractivity contribution in [2.75, 3.05) is 32.2 Å². The second-order valence-electron chi connectivity index (χ2n) is 2.51. The van der Waals surface area contributed by atoms with Crippen molar-refractivity contribution >= 4 is 19.2 Å². The van der Waals surface area contributed by atoms with Crippen molar-refractivity contribution in [3.05, 3.63) is 0 Å². The molecule has 0 spiro atoms. The van der Waals surface area contributed by atoms with Gasteiger partial charge >= 0.3 is 76.0 Å². The Morgan fingerprint density at radius 2 is 1.42 bits per heavy atom. The molecule has 0 fully saturated rings. The Bertz CT molecular complexity index is 116. The fraction of sp³-hybridized carbons (Fsp3) is 1.00. The van der Waals surface area contributed by atoms with Gasteiger partial charge in [0.2, 0.25) is 0 Å². The topological polar surface area (TPSA) is 84.2 Å². The fourth-order valence-electron chi connectivity index (χ4n) is 0.705. The van der Waals surface area contributed by atoms with E-state index in [4.69, 9.17) is 32.2 Å². The zero-order valence-electron chi connectivity index (χ0n) is 6.65. The summed E-state index contributed by atoms with van der Waals surface area (Å²) in [7, 11) is -2.74. The number of hydrogen-bond donors (Lipinski definition) is 4. The number of aliphatic hydroxyl groups is 4. The third-order valence-corrected chi connectivity index (χ3v) is 5.96. The number of nitrogens with zero attached hydrogens (tertiary/aromatic N) is 1. The van der Waals surface area contributed by atoms with Crippen LogP contribution in [0.3, 0.4) is 0 Å². The van der Waals surface area contributed by atoms with E-state index in [1.54, 1.807) is 0 Å². The first-order valence-electron chi connectivity index (χ1n) is 3.53. The summed E-state index contributed by atoms with van der Waals surface area (Å²) in [6.07, 6.45) is -0.990. The van der Waals surface area contributed by atoms with Gasteiger partial charge in [-0.05, 0) is 0 Å². The van der Waals surface area contributed by atoms with Crippen LogP contribution in [0.15, 0.2) is 0 Å². The van der Waals surface area contributed by atoms with Gasteiger partial charge in [-0.3, -0.25) is 0 Å². The SMILES string of the molecule is OCCN(Cl)[PH](CO)(CO)CO. The maximum atomic E-state index is 8.91. The molecule has 0 heterocycles. The van der Waals surface area contributed by atoms with Gasteiger partial charge in [0.1, 0.15) is 0 Å². The Labute approximate surface area is 76.7 Å². The molecule has 12 heavy (non-hydrogen) atoms. The summed E-state index contributed by atoms with van der Waals surface area (Å²) in [5, 5.41) is 35.3. The summed E-state index contributed by atoms with van der Waals surface area (Å²) in [5.41, 5.74) is 0. The second-order valence-corrected chi connectivity index (χ2v) is 7.14. The molecular weight excluding hydrogens is 204 g/mol. The molecule has 0 aromatic rings. The Morgan fingerprint density at radius 1 is 1.00 bits per heavy atom. The average molecular weight is 220 g/mol. The standard InChI is InChI=1S/C5H15ClNO4P/c6-7(1-2-8)12(3-9,4-10)5-11/h8-12H,1-5H2. The van der Waals surface area contributed by atoms with Crippen LogP contribution in [-0.4, -0.2) is 56.8 Å². The molecule has 0 amide bonds. The van der Waals surface area contributed by atoms with E-state index in [2.05, 4.69) is 0 Å². The molecule has 0 atom stereocenters. The van der Waals surface area contributed by atoms with Gasteiger partial charge in [-0.2, -0.15) is 0 Å². The third-order valence-electron chi connectivity index (χ3n) is 1.69. The van der Waals surface area contributed by atoms with Gasteiger partial charge in [-0.25, -0.2) is 0 Å². The Morgan fingerprint density at radius 3 is 1.67 bits per heavy atom. The van der Waals surface area contributed by atoms with Crippen molar-refractivity contribution in [3.63, 3.8) is 0 Å². The van der Waals surface area contributed by atoms with Crippen molar-refractivity contribution in [2.24, 2.45) is 0 Å². The number of aliphatic hydroxyl groups excluding tert-OH is 4. The molecule has 0 aliphatic carbocycles. The summed E-state index contributed by atoms with van der Waals surface area (Å²) >= 11 is 5.66. The van der Waals surface area contributed by atoms with Crippen molar-refractivity contribution < 1.29 is 20.4 Å². The van der Waals surface area contributed by atoms with Crippen molar-refractivity contribution in [1.82, 2.24) is 4.19 Å². The van der Waals surface area contributed by atoms with Crippen LogP contribution < -0.4 is 0 Å². The molecular formula is C5H15ClNO4P. The van der Waals surface area contributed by atoms with E-state index in [-0.39, 0.29) is 32.2 Å². The summed E-state index contributed by atoms with van der Waals surface area (Å²) in [6, 6.07) is 0. The summed E-state index contributed by atoms with van der Waals surface area (Å²) in [6.45, 7) is -0.0340. The molecule has 7 heteroatoms. The molecule has 0 bridgehead atoms. The molecule has 0 saturated carbocycles. The zero-order chi connectivity index (χ0) is 9.61. The summed E-state index contributed by atoms with van der Waals surface area (Å²) in [4.78, 5) is 0. The first-order valence-corrected chi connectivity index (χ1v) is 6.44. The molecule has 0 aliphatic rings. The van der Waals surface area contributed by atoms with Crippen molar-refractivity contribution in [3.8, 4) is 0 Å². The molecule has 0 aromatic carbocycles. The van der Waals surface area contributed by atoms with E-state index in [1.807, 2.05) is 0 Å². The van der Waals surface area contributed by atoms with Crippen LogP contribution in [0.4, 0.5) is 0 Å². The second kappa shape index (κ2) is 6.05. The number of rotatable bonds is 6. The Hall–Kier alpha value is 0.520. The van der Waals surface area contributed by atoms with Gasteiger partial charge in [0.15, 0.2) is 0 Å². The number of hydrogen-bond acceptors (Lipinski definition) is 5. The monoisotopic (exact) mass is 219 g/mol. The van der Waals surface area contributed by atoms with Gasteiger partial charge in [0.05, 0.1) is 0 Å². The first-order chi connectivity index (χ1) is 5.66. The van der Waals surface area contributed by atoms with Crippen molar-refractivity contribution in [1.29, 1.82) is 0 Å². The quantitative estimate of drug-likeness (QED) is 0.338. The molecule has 0 aliphatic heterocycles. The van der Waals surface area contributed by atoms with Gasteiger partial charge in [-0.15, -0.1) is 0 Å². The zero-order valence-corrected chi connectivity index (χ0v) is 8.41. The Kier molecular flexibility index (Phi) is 6.31. The maximum absolute atomic E-state index is 8.91. The van der Waals surface area contributed by atoms with Crippen LogP contribution in [0.5, 0.6) is 0 Å². The average Bonchev–Trinajstić information content (AvgIpc) is 2.09. The van der Waals surface area contributed by atoms with Crippen LogP contribution >= 0.6 is 19.2 Å². The van der Waals surface area contributed by atoms with Crippen LogP contribution in [-0.2, 0) is 0 Å². The molecule has 0 unspecified atom stereocenters. The fourth-order valence-corrected chi connectivity index (χ4v) is 2.60. The first kappa shape index (κ1) is 12.5. The molecule has 0 rings (SSSR count). The van der Waals surface area contributed by atoms with E-state index in [0.717, 1.165) is 4.19 Å². The number of halogens is 1. The van der Waals surface area contributed by atoms with Gasteiger partial charge in [0, 0.05) is 0 Å². The summed E-state index contributed by atoms with van der Waals surface area (Å²) < 4.78 is 1.15. The molecule has 76 valence electrons. The van der Waals surface area contributed by atoms with Crippen LogP contribution in [0.25, 0.3) is 0 Å². The van der Waals surface area contributed by atoms with Gasteiger partial charge < -0.3 is 0 Å². The van der Waals surface area contributed by atoms with E-state index in [0.29, 0.717) is 0 Å². The van der Waals surface area contributed by atoms with Crippen LogP contribution in [0.2, 0.25) is 0 Å².